The van der Waals surface area contributed by atoms with Crippen molar-refractivity contribution in [3.8, 4) is 11.4 Å². The van der Waals surface area contributed by atoms with Gasteiger partial charge in [0.15, 0.2) is 0 Å². The summed E-state index contributed by atoms with van der Waals surface area (Å²) in [7, 11) is 0. The molecule has 0 spiro atoms. The minimum Gasteiger partial charge on any atom is -0.338 e. The number of piperidine rings is 1. The van der Waals surface area contributed by atoms with E-state index in [0.29, 0.717) is 5.82 Å². The van der Waals surface area contributed by atoms with E-state index in [1.165, 1.54) is 5.56 Å². The summed E-state index contributed by atoms with van der Waals surface area (Å²) < 4.78 is 5.67. The van der Waals surface area contributed by atoms with Gasteiger partial charge < -0.3 is 9.84 Å². The molecule has 0 unspecified atom stereocenters. The molecule has 1 fully saturated rings. The Labute approximate surface area is 126 Å². The van der Waals surface area contributed by atoms with Crippen LogP contribution in [0, 0.1) is 6.92 Å². The summed E-state index contributed by atoms with van der Waals surface area (Å²) in [6.45, 7) is 6.36. The molecule has 112 valence electrons. The fraction of sp³-hybridized carbons (Fsp3) is 0.529. The third kappa shape index (κ3) is 2.86. The topological polar surface area (TPSA) is 51.0 Å². The minimum absolute atomic E-state index is 0.0646. The molecule has 0 aliphatic carbocycles. The summed E-state index contributed by atoms with van der Waals surface area (Å²) in [6, 6.07) is 8.25. The van der Waals surface area contributed by atoms with Crippen LogP contribution in [0.3, 0.4) is 0 Å². The maximum atomic E-state index is 5.67. The number of nitrogens with zero attached hydrogens (tertiary/aromatic N) is 2. The molecule has 4 heteroatoms. The van der Waals surface area contributed by atoms with E-state index in [9.17, 15) is 0 Å². The number of nitrogens with one attached hydrogen (secondary N) is 1. The lowest BCUT2D eigenvalue weighted by Crippen LogP contribution is -2.40. The van der Waals surface area contributed by atoms with Gasteiger partial charge in [0.1, 0.15) is 0 Å². The maximum Gasteiger partial charge on any atom is 0.233 e. The Kier molecular flexibility index (Phi) is 4.06. The van der Waals surface area contributed by atoms with Gasteiger partial charge in [0.05, 0.1) is 5.41 Å². The summed E-state index contributed by atoms with van der Waals surface area (Å²) in [5.41, 5.74) is 2.31. The van der Waals surface area contributed by atoms with Gasteiger partial charge in [0.2, 0.25) is 11.7 Å². The van der Waals surface area contributed by atoms with Gasteiger partial charge in [-0.25, -0.2) is 0 Å². The van der Waals surface area contributed by atoms with Gasteiger partial charge in [0.25, 0.3) is 0 Å². The van der Waals surface area contributed by atoms with Gasteiger partial charge in [0, 0.05) is 5.56 Å². The molecule has 0 atom stereocenters. The van der Waals surface area contributed by atoms with Gasteiger partial charge in [-0.1, -0.05) is 42.3 Å². The second-order valence-corrected chi connectivity index (χ2v) is 6.07. The number of benzene rings is 1. The zero-order valence-electron chi connectivity index (χ0n) is 12.9. The van der Waals surface area contributed by atoms with Crippen LogP contribution >= 0.6 is 0 Å². The Balaban J connectivity index is 1.92. The molecule has 1 aromatic heterocycles. The minimum atomic E-state index is 0.0646. The van der Waals surface area contributed by atoms with Crippen LogP contribution in [0.2, 0.25) is 0 Å². The van der Waals surface area contributed by atoms with Crippen LogP contribution in [0.5, 0.6) is 0 Å². The summed E-state index contributed by atoms with van der Waals surface area (Å²) in [4.78, 5) is 4.73. The first kappa shape index (κ1) is 14.3. The molecular weight excluding hydrogens is 262 g/mol. The van der Waals surface area contributed by atoms with E-state index in [-0.39, 0.29) is 5.41 Å². The average Bonchev–Trinajstić information content (AvgIpc) is 2.99. The van der Waals surface area contributed by atoms with Crippen molar-refractivity contribution in [1.29, 1.82) is 0 Å². The second-order valence-electron chi connectivity index (χ2n) is 6.07. The Morgan fingerprint density at radius 1 is 1.29 bits per heavy atom. The smallest absolute Gasteiger partial charge is 0.233 e. The highest BCUT2D eigenvalue weighted by atomic mass is 16.5. The highest BCUT2D eigenvalue weighted by Crippen LogP contribution is 2.37. The number of hydrogen-bond donors (Lipinski definition) is 1. The van der Waals surface area contributed by atoms with E-state index >= 15 is 0 Å². The third-order valence-corrected chi connectivity index (χ3v) is 4.45. The molecule has 1 N–H and O–H groups in total. The van der Waals surface area contributed by atoms with Crippen LogP contribution in [0.1, 0.15) is 44.1 Å². The monoisotopic (exact) mass is 285 g/mol. The van der Waals surface area contributed by atoms with Crippen LogP contribution < -0.4 is 5.32 Å². The van der Waals surface area contributed by atoms with Crippen LogP contribution in [-0.2, 0) is 5.41 Å². The van der Waals surface area contributed by atoms with Crippen LogP contribution in [-0.4, -0.2) is 23.2 Å². The maximum absolute atomic E-state index is 5.67. The third-order valence-electron chi connectivity index (χ3n) is 4.45. The van der Waals surface area contributed by atoms with E-state index in [1.54, 1.807) is 0 Å². The van der Waals surface area contributed by atoms with Crippen molar-refractivity contribution in [2.24, 2.45) is 0 Å². The van der Waals surface area contributed by atoms with E-state index in [1.807, 2.05) is 12.1 Å². The van der Waals surface area contributed by atoms with Crippen LogP contribution in [0.4, 0.5) is 0 Å². The van der Waals surface area contributed by atoms with Crippen molar-refractivity contribution in [3.63, 3.8) is 0 Å². The number of aromatic nitrogens is 2. The summed E-state index contributed by atoms with van der Waals surface area (Å²) >= 11 is 0. The highest BCUT2D eigenvalue weighted by Gasteiger charge is 2.38. The van der Waals surface area contributed by atoms with Crippen molar-refractivity contribution in [3.05, 3.63) is 35.7 Å². The average molecular weight is 285 g/mol. The van der Waals surface area contributed by atoms with E-state index in [4.69, 9.17) is 9.51 Å². The van der Waals surface area contributed by atoms with Crippen LogP contribution in [0.15, 0.2) is 28.8 Å². The molecular formula is C17H23N3O. The molecule has 0 radical (unpaired) electrons. The zero-order chi connectivity index (χ0) is 14.7. The molecule has 2 aromatic rings. The first-order valence-electron chi connectivity index (χ1n) is 7.85. The fourth-order valence-electron chi connectivity index (χ4n) is 3.29. The van der Waals surface area contributed by atoms with E-state index < -0.39 is 0 Å². The lowest BCUT2D eigenvalue weighted by Gasteiger charge is -2.34. The van der Waals surface area contributed by atoms with Crippen molar-refractivity contribution in [1.82, 2.24) is 15.5 Å². The van der Waals surface area contributed by atoms with Gasteiger partial charge in [-0.2, -0.15) is 4.98 Å². The molecule has 0 bridgehead atoms. The number of hydrogen-bond acceptors (Lipinski definition) is 4. The molecule has 0 amide bonds. The Bertz CT molecular complexity index is 594. The number of rotatable bonds is 4. The Morgan fingerprint density at radius 3 is 2.81 bits per heavy atom. The summed E-state index contributed by atoms with van der Waals surface area (Å²) in [5.74, 6) is 1.53. The fourth-order valence-corrected chi connectivity index (χ4v) is 3.29. The molecule has 1 aliphatic heterocycles. The SMILES string of the molecule is CCCC1(c2nc(-c3cccc(C)c3)no2)CCNCC1. The first-order chi connectivity index (χ1) is 10.2. The van der Waals surface area contributed by atoms with Gasteiger partial charge in [-0.15, -0.1) is 0 Å². The molecule has 2 heterocycles. The van der Waals surface area contributed by atoms with Crippen molar-refractivity contribution in [2.75, 3.05) is 13.1 Å². The second kappa shape index (κ2) is 5.98. The first-order valence-corrected chi connectivity index (χ1v) is 7.85. The summed E-state index contributed by atoms with van der Waals surface area (Å²) in [6.07, 6.45) is 4.42. The number of aryl methyl sites for hydroxylation is 1. The Hall–Kier alpha value is -1.68. The lowest BCUT2D eigenvalue weighted by atomic mass is 9.75. The summed E-state index contributed by atoms with van der Waals surface area (Å²) in [5, 5.41) is 7.65. The molecule has 1 saturated heterocycles. The molecule has 4 nitrogen and oxygen atoms in total. The molecule has 1 aromatic carbocycles. The quantitative estimate of drug-likeness (QED) is 0.934. The molecule has 0 saturated carbocycles. The predicted molar refractivity (Wildman–Crippen MR) is 83.2 cm³/mol. The van der Waals surface area contributed by atoms with Crippen molar-refractivity contribution < 1.29 is 4.52 Å². The van der Waals surface area contributed by atoms with Gasteiger partial charge in [-0.3, -0.25) is 0 Å². The van der Waals surface area contributed by atoms with E-state index in [2.05, 4.69) is 36.5 Å². The Morgan fingerprint density at radius 2 is 2.10 bits per heavy atom. The van der Waals surface area contributed by atoms with Gasteiger partial charge in [-0.05, 0) is 45.3 Å². The molecule has 3 rings (SSSR count). The highest BCUT2D eigenvalue weighted by molar-refractivity contribution is 5.55. The van der Waals surface area contributed by atoms with E-state index in [0.717, 1.165) is 50.2 Å². The molecule has 1 aliphatic rings. The van der Waals surface area contributed by atoms with Gasteiger partial charge >= 0.3 is 0 Å². The van der Waals surface area contributed by atoms with Crippen molar-refractivity contribution >= 4 is 0 Å². The largest absolute Gasteiger partial charge is 0.338 e. The van der Waals surface area contributed by atoms with Crippen molar-refractivity contribution in [2.45, 2.75) is 44.9 Å². The van der Waals surface area contributed by atoms with Crippen LogP contribution in [0.25, 0.3) is 11.4 Å². The standard InChI is InChI=1S/C17H23N3O/c1-3-7-17(8-10-18-11-9-17)16-19-15(20-21-16)14-6-4-5-13(2)12-14/h4-6,12,18H,3,7-11H2,1-2H3. The zero-order valence-corrected chi connectivity index (χ0v) is 12.9. The lowest BCUT2D eigenvalue weighted by molar-refractivity contribution is 0.208. The predicted octanol–water partition coefficient (Wildman–Crippen LogP) is 3.47. The normalized spacial score (nSPS) is 17.8. The molecule has 21 heavy (non-hydrogen) atoms.